The summed E-state index contributed by atoms with van der Waals surface area (Å²) in [5, 5.41) is 0. The second kappa shape index (κ2) is 7.71. The Bertz CT molecular complexity index is 381. The van der Waals surface area contributed by atoms with E-state index in [1.807, 2.05) is 0 Å². The monoisotopic (exact) mass is 274 g/mol. The van der Waals surface area contributed by atoms with Gasteiger partial charge in [-0.25, -0.2) is 0 Å². The number of ether oxygens (including phenoxy) is 1. The molecule has 1 aromatic carbocycles. The third-order valence-corrected chi connectivity index (χ3v) is 5.04. The molecule has 0 spiro atoms. The first-order valence-corrected chi connectivity index (χ1v) is 8.38. The van der Waals surface area contributed by atoms with Crippen LogP contribution < -0.4 is 4.74 Å². The van der Waals surface area contributed by atoms with E-state index in [0.29, 0.717) is 0 Å². The van der Waals surface area contributed by atoms with Crippen molar-refractivity contribution in [2.45, 2.75) is 64.7 Å². The van der Waals surface area contributed by atoms with Crippen LogP contribution in [0.25, 0.3) is 0 Å². The molecular formula is C19H30O. The van der Waals surface area contributed by atoms with Crippen molar-refractivity contribution >= 4 is 0 Å². The molecule has 0 bridgehead atoms. The van der Waals surface area contributed by atoms with Gasteiger partial charge in [-0.2, -0.15) is 0 Å². The van der Waals surface area contributed by atoms with Crippen LogP contribution in [0.2, 0.25) is 0 Å². The maximum absolute atomic E-state index is 5.26. The topological polar surface area (TPSA) is 9.23 Å². The van der Waals surface area contributed by atoms with Crippen molar-refractivity contribution in [2.75, 3.05) is 7.11 Å². The van der Waals surface area contributed by atoms with E-state index < -0.39 is 0 Å². The van der Waals surface area contributed by atoms with E-state index in [-0.39, 0.29) is 0 Å². The van der Waals surface area contributed by atoms with Crippen LogP contribution >= 0.6 is 0 Å². The summed E-state index contributed by atoms with van der Waals surface area (Å²) in [6, 6.07) is 8.74. The van der Waals surface area contributed by atoms with E-state index >= 15 is 0 Å². The van der Waals surface area contributed by atoms with Gasteiger partial charge in [-0.3, -0.25) is 0 Å². The van der Waals surface area contributed by atoms with Gasteiger partial charge in [-0.1, -0.05) is 51.7 Å². The molecule has 1 fully saturated rings. The number of hydrogen-bond acceptors (Lipinski definition) is 1. The Hall–Kier alpha value is -0.980. The van der Waals surface area contributed by atoms with Gasteiger partial charge in [-0.15, -0.1) is 0 Å². The van der Waals surface area contributed by atoms with Crippen molar-refractivity contribution in [1.29, 1.82) is 0 Å². The molecule has 0 saturated heterocycles. The molecule has 0 heterocycles. The molecule has 0 amide bonds. The summed E-state index contributed by atoms with van der Waals surface area (Å²) in [5.41, 5.74) is 1.50. The highest BCUT2D eigenvalue weighted by atomic mass is 16.5. The highest BCUT2D eigenvalue weighted by Crippen LogP contribution is 2.42. The molecule has 3 atom stereocenters. The molecule has 0 aliphatic heterocycles. The minimum Gasteiger partial charge on any atom is -0.497 e. The molecule has 20 heavy (non-hydrogen) atoms. The van der Waals surface area contributed by atoms with Crippen molar-refractivity contribution in [3.63, 3.8) is 0 Å². The second-order valence-corrected chi connectivity index (χ2v) is 6.53. The molecule has 1 saturated carbocycles. The summed E-state index contributed by atoms with van der Waals surface area (Å²) in [6.45, 7) is 4.74. The van der Waals surface area contributed by atoms with Crippen molar-refractivity contribution in [1.82, 2.24) is 0 Å². The Morgan fingerprint density at radius 3 is 2.45 bits per heavy atom. The van der Waals surface area contributed by atoms with Crippen LogP contribution in [0.1, 0.15) is 70.3 Å². The van der Waals surface area contributed by atoms with Crippen molar-refractivity contribution in [2.24, 2.45) is 11.8 Å². The summed E-state index contributed by atoms with van der Waals surface area (Å²) in [5.74, 6) is 3.52. The Balaban J connectivity index is 1.88. The summed E-state index contributed by atoms with van der Waals surface area (Å²) in [6.07, 6.45) is 9.84. The molecule has 1 aliphatic carbocycles. The average Bonchev–Trinajstić information content (AvgIpc) is 2.48. The zero-order valence-corrected chi connectivity index (χ0v) is 13.4. The van der Waals surface area contributed by atoms with Gasteiger partial charge >= 0.3 is 0 Å². The van der Waals surface area contributed by atoms with Gasteiger partial charge in [0.15, 0.2) is 0 Å². The molecule has 0 N–H and O–H groups in total. The minimum absolute atomic E-state index is 0.753. The van der Waals surface area contributed by atoms with Crippen LogP contribution in [0.5, 0.6) is 5.75 Å². The predicted octanol–water partition coefficient (Wildman–Crippen LogP) is 5.80. The number of methoxy groups -OCH3 is 1. The molecule has 1 heteroatoms. The van der Waals surface area contributed by atoms with Crippen LogP contribution in [-0.2, 0) is 0 Å². The first kappa shape index (κ1) is 15.4. The summed E-state index contributed by atoms with van der Waals surface area (Å²) in [4.78, 5) is 0. The van der Waals surface area contributed by atoms with E-state index in [1.54, 1.807) is 7.11 Å². The first-order chi connectivity index (χ1) is 9.74. The van der Waals surface area contributed by atoms with Gasteiger partial charge in [0.05, 0.1) is 7.11 Å². The zero-order chi connectivity index (χ0) is 14.4. The Morgan fingerprint density at radius 1 is 1.10 bits per heavy atom. The lowest BCUT2D eigenvalue weighted by molar-refractivity contribution is 0.232. The normalized spacial score (nSPS) is 26.4. The fourth-order valence-electron chi connectivity index (χ4n) is 3.80. The first-order valence-electron chi connectivity index (χ1n) is 8.38. The smallest absolute Gasteiger partial charge is 0.118 e. The zero-order valence-electron chi connectivity index (χ0n) is 13.4. The predicted molar refractivity (Wildman–Crippen MR) is 86.4 cm³/mol. The van der Waals surface area contributed by atoms with Gasteiger partial charge in [0.2, 0.25) is 0 Å². The van der Waals surface area contributed by atoms with Crippen LogP contribution in [0.3, 0.4) is 0 Å². The van der Waals surface area contributed by atoms with Crippen molar-refractivity contribution in [3.8, 4) is 5.75 Å². The van der Waals surface area contributed by atoms with Gasteiger partial charge in [0, 0.05) is 0 Å². The number of unbranched alkanes of at least 4 members (excludes halogenated alkanes) is 2. The average molecular weight is 274 g/mol. The van der Waals surface area contributed by atoms with Crippen LogP contribution in [0.15, 0.2) is 24.3 Å². The van der Waals surface area contributed by atoms with Crippen LogP contribution in [-0.4, -0.2) is 7.11 Å². The highest BCUT2D eigenvalue weighted by molar-refractivity contribution is 5.30. The summed E-state index contributed by atoms with van der Waals surface area (Å²) >= 11 is 0. The van der Waals surface area contributed by atoms with E-state index in [4.69, 9.17) is 4.74 Å². The Morgan fingerprint density at radius 2 is 1.85 bits per heavy atom. The molecule has 0 aromatic heterocycles. The number of benzene rings is 1. The fourth-order valence-corrected chi connectivity index (χ4v) is 3.80. The van der Waals surface area contributed by atoms with Crippen molar-refractivity contribution < 1.29 is 4.74 Å². The second-order valence-electron chi connectivity index (χ2n) is 6.53. The Labute approximate surface area is 124 Å². The lowest BCUT2D eigenvalue weighted by atomic mass is 9.71. The number of hydrogen-bond donors (Lipinski definition) is 0. The SMILES string of the molecule is CCCCCC1CCC(c2ccc(OC)cc2)C(C)C1. The van der Waals surface area contributed by atoms with E-state index in [9.17, 15) is 0 Å². The Kier molecular flexibility index (Phi) is 5.94. The fraction of sp³-hybridized carbons (Fsp3) is 0.684. The van der Waals surface area contributed by atoms with E-state index in [1.165, 1.54) is 50.5 Å². The molecule has 3 unspecified atom stereocenters. The van der Waals surface area contributed by atoms with E-state index in [2.05, 4.69) is 38.1 Å². The maximum Gasteiger partial charge on any atom is 0.118 e. The quantitative estimate of drug-likeness (QED) is 0.596. The van der Waals surface area contributed by atoms with Crippen LogP contribution in [0, 0.1) is 11.8 Å². The number of rotatable bonds is 6. The highest BCUT2D eigenvalue weighted by Gasteiger charge is 2.28. The van der Waals surface area contributed by atoms with Gasteiger partial charge in [0.25, 0.3) is 0 Å². The van der Waals surface area contributed by atoms with Gasteiger partial charge in [-0.05, 0) is 54.7 Å². The third-order valence-electron chi connectivity index (χ3n) is 5.04. The molecule has 112 valence electrons. The molecule has 1 aliphatic rings. The molecular weight excluding hydrogens is 244 g/mol. The standard InChI is InChI=1S/C19H30O/c1-4-5-6-7-16-8-13-19(15(2)14-16)17-9-11-18(20-3)12-10-17/h9-12,15-16,19H,4-8,13-14H2,1-3H3. The van der Waals surface area contributed by atoms with Crippen LogP contribution in [0.4, 0.5) is 0 Å². The van der Waals surface area contributed by atoms with Gasteiger partial charge < -0.3 is 4.74 Å². The van der Waals surface area contributed by atoms with E-state index in [0.717, 1.165) is 23.5 Å². The lowest BCUT2D eigenvalue weighted by Crippen LogP contribution is -2.21. The summed E-state index contributed by atoms with van der Waals surface area (Å²) < 4.78 is 5.26. The molecule has 1 aromatic rings. The minimum atomic E-state index is 0.753. The molecule has 1 nitrogen and oxygen atoms in total. The van der Waals surface area contributed by atoms with Gasteiger partial charge in [0.1, 0.15) is 5.75 Å². The maximum atomic E-state index is 5.26. The third kappa shape index (κ3) is 4.01. The lowest BCUT2D eigenvalue weighted by Gasteiger charge is -2.34. The molecule has 2 rings (SSSR count). The largest absolute Gasteiger partial charge is 0.497 e. The molecule has 0 radical (unpaired) electrons. The van der Waals surface area contributed by atoms with Crippen molar-refractivity contribution in [3.05, 3.63) is 29.8 Å². The summed E-state index contributed by atoms with van der Waals surface area (Å²) in [7, 11) is 1.74.